The molecule has 2 heterocycles. The number of piperidine rings is 1. The highest BCUT2D eigenvalue weighted by molar-refractivity contribution is 5.49. The summed E-state index contributed by atoms with van der Waals surface area (Å²) in [5.74, 6) is 1.68. The summed E-state index contributed by atoms with van der Waals surface area (Å²) in [6.45, 7) is 4.28. The van der Waals surface area contributed by atoms with Gasteiger partial charge in [-0.2, -0.15) is 0 Å². The number of anilines is 1. The number of hydrogen-bond acceptors (Lipinski definition) is 4. The average Bonchev–Trinajstić information content (AvgIpc) is 3.02. The lowest BCUT2D eigenvalue weighted by molar-refractivity contribution is 0.499. The standard InChI is InChI=1S/C16H26N4/c1-2-14-15(20-9-7-13(17)8-10-20)11-18-16(19-14)12-5-3-4-6-12/h11-13H,2-10,17H2,1H3. The predicted molar refractivity (Wildman–Crippen MR) is 82.0 cm³/mol. The molecule has 0 spiro atoms. The molecule has 1 aliphatic carbocycles. The van der Waals surface area contributed by atoms with Crippen molar-refractivity contribution < 1.29 is 0 Å². The molecular formula is C16H26N4. The van der Waals surface area contributed by atoms with Gasteiger partial charge in [0, 0.05) is 25.0 Å². The maximum Gasteiger partial charge on any atom is 0.131 e. The minimum Gasteiger partial charge on any atom is -0.369 e. The molecule has 20 heavy (non-hydrogen) atoms. The first-order valence-electron chi connectivity index (χ1n) is 8.14. The van der Waals surface area contributed by atoms with E-state index >= 15 is 0 Å². The Hall–Kier alpha value is -1.16. The van der Waals surface area contributed by atoms with Gasteiger partial charge in [-0.05, 0) is 32.1 Å². The fourth-order valence-corrected chi connectivity index (χ4v) is 3.47. The number of aryl methyl sites for hydroxylation is 1. The van der Waals surface area contributed by atoms with Gasteiger partial charge in [0.1, 0.15) is 5.82 Å². The van der Waals surface area contributed by atoms with Gasteiger partial charge < -0.3 is 10.6 Å². The Morgan fingerprint density at radius 3 is 2.55 bits per heavy atom. The van der Waals surface area contributed by atoms with Crippen LogP contribution >= 0.6 is 0 Å². The van der Waals surface area contributed by atoms with Crippen LogP contribution in [0.15, 0.2) is 6.20 Å². The lowest BCUT2D eigenvalue weighted by Gasteiger charge is -2.32. The van der Waals surface area contributed by atoms with Crippen LogP contribution in [0, 0.1) is 0 Å². The van der Waals surface area contributed by atoms with E-state index < -0.39 is 0 Å². The van der Waals surface area contributed by atoms with E-state index in [0.717, 1.165) is 38.2 Å². The molecule has 2 aliphatic rings. The van der Waals surface area contributed by atoms with Crippen molar-refractivity contribution >= 4 is 5.69 Å². The first-order valence-corrected chi connectivity index (χ1v) is 8.14. The summed E-state index contributed by atoms with van der Waals surface area (Å²) < 4.78 is 0. The molecule has 3 rings (SSSR count). The van der Waals surface area contributed by atoms with Crippen molar-refractivity contribution in [2.24, 2.45) is 5.73 Å². The molecule has 0 radical (unpaired) electrons. The third kappa shape index (κ3) is 2.80. The van der Waals surface area contributed by atoms with E-state index in [-0.39, 0.29) is 0 Å². The van der Waals surface area contributed by atoms with Gasteiger partial charge in [-0.1, -0.05) is 19.8 Å². The van der Waals surface area contributed by atoms with Crippen molar-refractivity contribution in [3.05, 3.63) is 17.7 Å². The normalized spacial score (nSPS) is 21.6. The van der Waals surface area contributed by atoms with Gasteiger partial charge in [0.15, 0.2) is 0 Å². The molecule has 1 saturated heterocycles. The van der Waals surface area contributed by atoms with E-state index in [0.29, 0.717) is 12.0 Å². The van der Waals surface area contributed by atoms with Crippen molar-refractivity contribution in [3.8, 4) is 0 Å². The number of nitrogens with two attached hydrogens (primary N) is 1. The zero-order chi connectivity index (χ0) is 13.9. The largest absolute Gasteiger partial charge is 0.369 e. The monoisotopic (exact) mass is 274 g/mol. The number of rotatable bonds is 3. The molecule has 110 valence electrons. The van der Waals surface area contributed by atoms with E-state index in [1.807, 2.05) is 0 Å². The lowest BCUT2D eigenvalue weighted by atomic mass is 10.0. The van der Waals surface area contributed by atoms with Crippen LogP contribution < -0.4 is 10.6 Å². The topological polar surface area (TPSA) is 55.0 Å². The van der Waals surface area contributed by atoms with Gasteiger partial charge in [0.2, 0.25) is 0 Å². The van der Waals surface area contributed by atoms with Crippen molar-refractivity contribution in [2.45, 2.75) is 63.8 Å². The second-order valence-electron chi connectivity index (χ2n) is 6.22. The second kappa shape index (κ2) is 6.08. The molecule has 2 fully saturated rings. The van der Waals surface area contributed by atoms with E-state index in [4.69, 9.17) is 10.7 Å². The van der Waals surface area contributed by atoms with E-state index in [9.17, 15) is 0 Å². The molecule has 0 bridgehead atoms. The third-order valence-corrected chi connectivity index (χ3v) is 4.80. The quantitative estimate of drug-likeness (QED) is 0.920. The van der Waals surface area contributed by atoms with Crippen molar-refractivity contribution in [1.29, 1.82) is 0 Å². The van der Waals surface area contributed by atoms with Crippen molar-refractivity contribution in [1.82, 2.24) is 9.97 Å². The summed E-state index contributed by atoms with van der Waals surface area (Å²) >= 11 is 0. The molecule has 1 aliphatic heterocycles. The minimum absolute atomic E-state index is 0.370. The summed E-state index contributed by atoms with van der Waals surface area (Å²) in [4.78, 5) is 12.0. The van der Waals surface area contributed by atoms with E-state index in [1.165, 1.54) is 37.1 Å². The molecule has 1 aromatic rings. The number of hydrogen-bond donors (Lipinski definition) is 1. The molecule has 2 N–H and O–H groups in total. The van der Waals surface area contributed by atoms with Crippen LogP contribution in [0.25, 0.3) is 0 Å². The van der Waals surface area contributed by atoms with E-state index in [2.05, 4.69) is 23.0 Å². The summed E-state index contributed by atoms with van der Waals surface area (Å²) in [6.07, 6.45) is 10.4. The Morgan fingerprint density at radius 2 is 1.90 bits per heavy atom. The van der Waals surface area contributed by atoms with Crippen LogP contribution in [0.2, 0.25) is 0 Å². The second-order valence-corrected chi connectivity index (χ2v) is 6.22. The molecule has 4 heteroatoms. The van der Waals surface area contributed by atoms with Crippen LogP contribution in [0.1, 0.15) is 62.9 Å². The Balaban J connectivity index is 1.80. The van der Waals surface area contributed by atoms with Gasteiger partial charge in [0.25, 0.3) is 0 Å². The number of aromatic nitrogens is 2. The van der Waals surface area contributed by atoms with Crippen LogP contribution in [0.3, 0.4) is 0 Å². The summed E-state index contributed by atoms with van der Waals surface area (Å²) in [5.41, 5.74) is 8.45. The van der Waals surface area contributed by atoms with Gasteiger partial charge in [-0.25, -0.2) is 9.97 Å². The predicted octanol–water partition coefficient (Wildman–Crippen LogP) is 2.62. The highest BCUT2D eigenvalue weighted by atomic mass is 15.2. The van der Waals surface area contributed by atoms with Crippen LogP contribution in [0.5, 0.6) is 0 Å². The molecule has 0 amide bonds. The fourth-order valence-electron chi connectivity index (χ4n) is 3.47. The first kappa shape index (κ1) is 13.8. The zero-order valence-electron chi connectivity index (χ0n) is 12.5. The molecule has 0 unspecified atom stereocenters. The maximum atomic E-state index is 5.99. The summed E-state index contributed by atoms with van der Waals surface area (Å²) in [6, 6.07) is 0.370. The Kier molecular flexibility index (Phi) is 4.20. The molecule has 0 atom stereocenters. The molecule has 0 aromatic carbocycles. The number of nitrogens with zero attached hydrogens (tertiary/aromatic N) is 3. The summed E-state index contributed by atoms with van der Waals surface area (Å²) in [7, 11) is 0. The van der Waals surface area contributed by atoms with E-state index in [1.54, 1.807) is 0 Å². The average molecular weight is 274 g/mol. The highest BCUT2D eigenvalue weighted by Gasteiger charge is 2.23. The van der Waals surface area contributed by atoms with Gasteiger partial charge in [-0.3, -0.25) is 0 Å². The minimum atomic E-state index is 0.370. The van der Waals surface area contributed by atoms with Crippen molar-refractivity contribution in [3.63, 3.8) is 0 Å². The lowest BCUT2D eigenvalue weighted by Crippen LogP contribution is -2.40. The first-order chi connectivity index (χ1) is 9.78. The van der Waals surface area contributed by atoms with Crippen LogP contribution in [-0.4, -0.2) is 29.1 Å². The zero-order valence-corrected chi connectivity index (χ0v) is 12.5. The maximum absolute atomic E-state index is 5.99. The van der Waals surface area contributed by atoms with Crippen LogP contribution in [0.4, 0.5) is 5.69 Å². The Bertz CT molecular complexity index is 446. The highest BCUT2D eigenvalue weighted by Crippen LogP contribution is 2.33. The van der Waals surface area contributed by atoms with Gasteiger partial charge in [0.05, 0.1) is 17.6 Å². The third-order valence-electron chi connectivity index (χ3n) is 4.80. The van der Waals surface area contributed by atoms with Crippen LogP contribution in [-0.2, 0) is 6.42 Å². The molecule has 1 aromatic heterocycles. The van der Waals surface area contributed by atoms with Crippen molar-refractivity contribution in [2.75, 3.05) is 18.0 Å². The van der Waals surface area contributed by atoms with Gasteiger partial charge in [-0.15, -0.1) is 0 Å². The Labute approximate surface area is 121 Å². The Morgan fingerprint density at radius 1 is 1.20 bits per heavy atom. The smallest absolute Gasteiger partial charge is 0.131 e. The fraction of sp³-hybridized carbons (Fsp3) is 0.750. The summed E-state index contributed by atoms with van der Waals surface area (Å²) in [5, 5.41) is 0. The molecular weight excluding hydrogens is 248 g/mol. The molecule has 1 saturated carbocycles. The SMILES string of the molecule is CCc1nc(C2CCCC2)ncc1N1CCC(N)CC1. The molecule has 4 nitrogen and oxygen atoms in total. The van der Waals surface area contributed by atoms with Gasteiger partial charge >= 0.3 is 0 Å².